The maximum absolute atomic E-state index is 5.63. The van der Waals surface area contributed by atoms with Gasteiger partial charge in [0, 0.05) is 20.2 Å². The van der Waals surface area contributed by atoms with Crippen LogP contribution in [0.15, 0.2) is 24.3 Å². The number of nitrogens with one attached hydrogen (secondary N) is 1. The van der Waals surface area contributed by atoms with E-state index in [4.69, 9.17) is 9.47 Å². The molecule has 3 heteroatoms. The van der Waals surface area contributed by atoms with Gasteiger partial charge in [-0.3, -0.25) is 0 Å². The van der Waals surface area contributed by atoms with Crippen molar-refractivity contribution >= 4 is 0 Å². The van der Waals surface area contributed by atoms with Crippen LogP contribution < -0.4 is 10.1 Å². The SMILES string of the molecule is CCOc1ccccc1C(C)CNCCOC. The summed E-state index contributed by atoms with van der Waals surface area (Å²) < 4.78 is 10.6. The van der Waals surface area contributed by atoms with Crippen LogP contribution in [0.4, 0.5) is 0 Å². The predicted molar refractivity (Wildman–Crippen MR) is 70.8 cm³/mol. The van der Waals surface area contributed by atoms with Crippen LogP contribution in [0.1, 0.15) is 25.3 Å². The van der Waals surface area contributed by atoms with Crippen molar-refractivity contribution in [3.63, 3.8) is 0 Å². The minimum absolute atomic E-state index is 0.439. The van der Waals surface area contributed by atoms with Crippen LogP contribution >= 0.6 is 0 Å². The zero-order chi connectivity index (χ0) is 12.5. The zero-order valence-electron chi connectivity index (χ0n) is 11.0. The summed E-state index contributed by atoms with van der Waals surface area (Å²) in [6.07, 6.45) is 0. The summed E-state index contributed by atoms with van der Waals surface area (Å²) in [5.74, 6) is 1.44. The average molecular weight is 237 g/mol. The van der Waals surface area contributed by atoms with Gasteiger partial charge in [-0.25, -0.2) is 0 Å². The van der Waals surface area contributed by atoms with E-state index in [-0.39, 0.29) is 0 Å². The lowest BCUT2D eigenvalue weighted by atomic mass is 10.00. The van der Waals surface area contributed by atoms with Gasteiger partial charge in [0.15, 0.2) is 0 Å². The van der Waals surface area contributed by atoms with Gasteiger partial charge >= 0.3 is 0 Å². The lowest BCUT2D eigenvalue weighted by Crippen LogP contribution is -2.24. The molecular formula is C14H23NO2. The number of para-hydroxylation sites is 1. The van der Waals surface area contributed by atoms with Crippen LogP contribution in [-0.4, -0.2) is 33.4 Å². The number of hydrogen-bond donors (Lipinski definition) is 1. The first-order valence-electron chi connectivity index (χ1n) is 6.21. The Morgan fingerprint density at radius 2 is 2.06 bits per heavy atom. The van der Waals surface area contributed by atoms with Crippen LogP contribution in [0, 0.1) is 0 Å². The van der Waals surface area contributed by atoms with Crippen molar-refractivity contribution in [2.45, 2.75) is 19.8 Å². The number of methoxy groups -OCH3 is 1. The normalized spacial score (nSPS) is 12.4. The van der Waals surface area contributed by atoms with E-state index in [1.165, 1.54) is 5.56 Å². The van der Waals surface area contributed by atoms with E-state index in [0.717, 1.165) is 25.4 Å². The molecule has 0 spiro atoms. The van der Waals surface area contributed by atoms with E-state index in [0.29, 0.717) is 12.5 Å². The Kier molecular flexibility index (Phi) is 6.67. The van der Waals surface area contributed by atoms with Gasteiger partial charge in [0.05, 0.1) is 13.2 Å². The van der Waals surface area contributed by atoms with Gasteiger partial charge in [0.25, 0.3) is 0 Å². The highest BCUT2D eigenvalue weighted by atomic mass is 16.5. The fraction of sp³-hybridized carbons (Fsp3) is 0.571. The lowest BCUT2D eigenvalue weighted by molar-refractivity contribution is 0.199. The molecule has 0 amide bonds. The van der Waals surface area contributed by atoms with Gasteiger partial charge in [-0.15, -0.1) is 0 Å². The molecule has 0 aliphatic carbocycles. The minimum atomic E-state index is 0.439. The molecule has 0 saturated carbocycles. The molecule has 96 valence electrons. The van der Waals surface area contributed by atoms with Crippen LogP contribution in [0.5, 0.6) is 5.75 Å². The van der Waals surface area contributed by atoms with Crippen molar-refractivity contribution in [2.24, 2.45) is 0 Å². The minimum Gasteiger partial charge on any atom is -0.494 e. The van der Waals surface area contributed by atoms with Gasteiger partial charge in [0.2, 0.25) is 0 Å². The third-order valence-electron chi connectivity index (χ3n) is 2.68. The topological polar surface area (TPSA) is 30.5 Å². The standard InChI is InChI=1S/C14H23NO2/c1-4-17-14-8-6-5-7-13(14)12(2)11-15-9-10-16-3/h5-8,12,15H,4,9-11H2,1-3H3. The monoisotopic (exact) mass is 237 g/mol. The number of hydrogen-bond acceptors (Lipinski definition) is 3. The van der Waals surface area contributed by atoms with E-state index < -0.39 is 0 Å². The third kappa shape index (κ3) is 4.75. The van der Waals surface area contributed by atoms with E-state index in [2.05, 4.69) is 24.4 Å². The average Bonchev–Trinajstić information content (AvgIpc) is 2.35. The Labute approximate surface area is 104 Å². The number of ether oxygens (including phenoxy) is 2. The summed E-state index contributed by atoms with van der Waals surface area (Å²) in [5, 5.41) is 3.37. The molecule has 0 aliphatic rings. The van der Waals surface area contributed by atoms with Crippen molar-refractivity contribution in [1.82, 2.24) is 5.32 Å². The molecule has 0 aliphatic heterocycles. The Hall–Kier alpha value is -1.06. The molecule has 1 atom stereocenters. The first kappa shape index (κ1) is 14.0. The molecule has 0 heterocycles. The van der Waals surface area contributed by atoms with Crippen molar-refractivity contribution in [2.75, 3.05) is 33.4 Å². The Morgan fingerprint density at radius 3 is 2.76 bits per heavy atom. The molecule has 1 rings (SSSR count). The van der Waals surface area contributed by atoms with E-state index in [9.17, 15) is 0 Å². The van der Waals surface area contributed by atoms with Crippen LogP contribution in [-0.2, 0) is 4.74 Å². The summed E-state index contributed by atoms with van der Waals surface area (Å²) in [6.45, 7) is 7.50. The van der Waals surface area contributed by atoms with Gasteiger partial charge in [-0.05, 0) is 24.5 Å². The van der Waals surface area contributed by atoms with Crippen molar-refractivity contribution in [3.05, 3.63) is 29.8 Å². The molecule has 0 radical (unpaired) electrons. The molecule has 0 bridgehead atoms. The third-order valence-corrected chi connectivity index (χ3v) is 2.68. The van der Waals surface area contributed by atoms with Crippen molar-refractivity contribution < 1.29 is 9.47 Å². The number of rotatable bonds is 8. The van der Waals surface area contributed by atoms with Gasteiger partial charge < -0.3 is 14.8 Å². The van der Waals surface area contributed by atoms with Crippen molar-refractivity contribution in [1.29, 1.82) is 0 Å². The largest absolute Gasteiger partial charge is 0.494 e. The summed E-state index contributed by atoms with van der Waals surface area (Å²) >= 11 is 0. The second-order valence-corrected chi connectivity index (χ2v) is 4.07. The molecular weight excluding hydrogens is 214 g/mol. The summed E-state index contributed by atoms with van der Waals surface area (Å²) in [4.78, 5) is 0. The van der Waals surface area contributed by atoms with Crippen LogP contribution in [0.3, 0.4) is 0 Å². The summed E-state index contributed by atoms with van der Waals surface area (Å²) in [5.41, 5.74) is 1.26. The highest BCUT2D eigenvalue weighted by Gasteiger charge is 2.10. The summed E-state index contributed by atoms with van der Waals surface area (Å²) in [6, 6.07) is 8.24. The van der Waals surface area contributed by atoms with Gasteiger partial charge in [-0.1, -0.05) is 25.1 Å². The number of benzene rings is 1. The summed E-state index contributed by atoms with van der Waals surface area (Å²) in [7, 11) is 1.72. The molecule has 1 aromatic rings. The Balaban J connectivity index is 2.52. The molecule has 1 unspecified atom stereocenters. The molecule has 0 aromatic heterocycles. The van der Waals surface area contributed by atoms with Crippen LogP contribution in [0.2, 0.25) is 0 Å². The quantitative estimate of drug-likeness (QED) is 0.704. The van der Waals surface area contributed by atoms with Gasteiger partial charge in [-0.2, -0.15) is 0 Å². The van der Waals surface area contributed by atoms with E-state index in [1.54, 1.807) is 7.11 Å². The first-order chi connectivity index (χ1) is 8.29. The van der Waals surface area contributed by atoms with Crippen LogP contribution in [0.25, 0.3) is 0 Å². The second-order valence-electron chi connectivity index (χ2n) is 4.07. The fourth-order valence-electron chi connectivity index (χ4n) is 1.78. The highest BCUT2D eigenvalue weighted by molar-refractivity contribution is 5.36. The van der Waals surface area contributed by atoms with E-state index >= 15 is 0 Å². The molecule has 1 aromatic carbocycles. The maximum Gasteiger partial charge on any atom is 0.122 e. The molecule has 3 nitrogen and oxygen atoms in total. The molecule has 0 fully saturated rings. The fourth-order valence-corrected chi connectivity index (χ4v) is 1.78. The first-order valence-corrected chi connectivity index (χ1v) is 6.21. The zero-order valence-corrected chi connectivity index (χ0v) is 11.0. The smallest absolute Gasteiger partial charge is 0.122 e. The van der Waals surface area contributed by atoms with Gasteiger partial charge in [0.1, 0.15) is 5.75 Å². The molecule has 17 heavy (non-hydrogen) atoms. The molecule has 0 saturated heterocycles. The Bertz CT molecular complexity index is 315. The van der Waals surface area contributed by atoms with E-state index in [1.807, 2.05) is 19.1 Å². The van der Waals surface area contributed by atoms with Crippen molar-refractivity contribution in [3.8, 4) is 5.75 Å². The molecule has 1 N–H and O–H groups in total. The predicted octanol–water partition coefficient (Wildman–Crippen LogP) is 2.42. The lowest BCUT2D eigenvalue weighted by Gasteiger charge is -2.17. The maximum atomic E-state index is 5.63. The Morgan fingerprint density at radius 1 is 1.29 bits per heavy atom. The highest BCUT2D eigenvalue weighted by Crippen LogP contribution is 2.25. The second kappa shape index (κ2) is 8.09.